The number of benzene rings is 1. The molecule has 0 radical (unpaired) electrons. The van der Waals surface area contributed by atoms with Gasteiger partial charge in [-0.3, -0.25) is 4.79 Å². The fourth-order valence-electron chi connectivity index (χ4n) is 1.37. The molecule has 1 amide bonds. The minimum absolute atomic E-state index is 0.162. The fourth-order valence-corrected chi connectivity index (χ4v) is 1.72. The molecule has 0 bridgehead atoms. The van der Waals surface area contributed by atoms with Crippen LogP contribution in [0.15, 0.2) is 33.7 Å². The Hall–Kier alpha value is -2.02. The SMILES string of the molecule is COc1ccc(Br)c(NC(=O)c2c[nH]c(=O)[nH]2)c1. The van der Waals surface area contributed by atoms with Crippen molar-refractivity contribution in [3.63, 3.8) is 0 Å². The molecule has 6 nitrogen and oxygen atoms in total. The molecule has 0 unspecified atom stereocenters. The van der Waals surface area contributed by atoms with Gasteiger partial charge in [0.05, 0.1) is 12.8 Å². The number of methoxy groups -OCH3 is 1. The smallest absolute Gasteiger partial charge is 0.323 e. The summed E-state index contributed by atoms with van der Waals surface area (Å²) < 4.78 is 5.78. The third-order valence-electron chi connectivity index (χ3n) is 2.26. The molecule has 3 N–H and O–H groups in total. The van der Waals surface area contributed by atoms with Gasteiger partial charge in [-0.2, -0.15) is 0 Å². The first-order chi connectivity index (χ1) is 8.60. The van der Waals surface area contributed by atoms with Gasteiger partial charge in [0.2, 0.25) is 0 Å². The van der Waals surface area contributed by atoms with E-state index < -0.39 is 11.6 Å². The van der Waals surface area contributed by atoms with E-state index in [4.69, 9.17) is 4.74 Å². The van der Waals surface area contributed by atoms with Crippen molar-refractivity contribution in [2.45, 2.75) is 0 Å². The summed E-state index contributed by atoms with van der Waals surface area (Å²) in [5, 5.41) is 2.66. The number of imidazole rings is 1. The van der Waals surface area contributed by atoms with E-state index in [0.717, 1.165) is 4.47 Å². The Morgan fingerprint density at radius 1 is 1.44 bits per heavy atom. The average Bonchev–Trinajstić information content (AvgIpc) is 2.79. The number of aromatic amines is 2. The summed E-state index contributed by atoms with van der Waals surface area (Å²) in [5.41, 5.74) is 0.293. The summed E-state index contributed by atoms with van der Waals surface area (Å²) in [7, 11) is 1.54. The Balaban J connectivity index is 2.23. The topological polar surface area (TPSA) is 87.0 Å². The van der Waals surface area contributed by atoms with E-state index in [-0.39, 0.29) is 5.69 Å². The van der Waals surface area contributed by atoms with Crippen molar-refractivity contribution in [2.24, 2.45) is 0 Å². The van der Waals surface area contributed by atoms with Crippen LogP contribution in [0.25, 0.3) is 0 Å². The van der Waals surface area contributed by atoms with Crippen molar-refractivity contribution >= 4 is 27.5 Å². The van der Waals surface area contributed by atoms with Crippen LogP contribution in [0.3, 0.4) is 0 Å². The lowest BCUT2D eigenvalue weighted by molar-refractivity contribution is 0.102. The number of ether oxygens (including phenoxy) is 1. The second-order valence-corrected chi connectivity index (χ2v) is 4.31. The minimum atomic E-state index is -0.426. The predicted octanol–water partition coefficient (Wildman–Crippen LogP) is 1.73. The number of halogens is 1. The maximum atomic E-state index is 11.8. The summed E-state index contributed by atoms with van der Waals surface area (Å²) in [4.78, 5) is 27.4. The number of nitrogens with one attached hydrogen (secondary N) is 3. The van der Waals surface area contributed by atoms with Crippen LogP contribution in [-0.4, -0.2) is 23.0 Å². The molecule has 0 atom stereocenters. The van der Waals surface area contributed by atoms with Crippen LogP contribution in [-0.2, 0) is 0 Å². The van der Waals surface area contributed by atoms with Gasteiger partial charge >= 0.3 is 5.69 Å². The molecule has 1 aromatic heterocycles. The molecular formula is C11H10BrN3O3. The normalized spacial score (nSPS) is 10.1. The monoisotopic (exact) mass is 311 g/mol. The minimum Gasteiger partial charge on any atom is -0.497 e. The lowest BCUT2D eigenvalue weighted by Gasteiger charge is -2.08. The van der Waals surface area contributed by atoms with Crippen molar-refractivity contribution in [3.05, 3.63) is 45.0 Å². The van der Waals surface area contributed by atoms with E-state index in [1.807, 2.05) is 0 Å². The second-order valence-electron chi connectivity index (χ2n) is 3.46. The highest BCUT2D eigenvalue weighted by Crippen LogP contribution is 2.27. The Morgan fingerprint density at radius 2 is 2.22 bits per heavy atom. The maximum Gasteiger partial charge on any atom is 0.323 e. The lowest BCUT2D eigenvalue weighted by Crippen LogP contribution is -2.14. The van der Waals surface area contributed by atoms with Crippen LogP contribution >= 0.6 is 15.9 Å². The van der Waals surface area contributed by atoms with Gasteiger partial charge in [-0.15, -0.1) is 0 Å². The Morgan fingerprint density at radius 3 is 2.83 bits per heavy atom. The molecule has 0 spiro atoms. The zero-order chi connectivity index (χ0) is 13.1. The molecule has 0 aliphatic carbocycles. The molecule has 94 valence electrons. The predicted molar refractivity (Wildman–Crippen MR) is 70.1 cm³/mol. The molecule has 1 heterocycles. The molecule has 0 fully saturated rings. The number of hydrogen-bond acceptors (Lipinski definition) is 3. The molecule has 0 saturated heterocycles. The molecule has 18 heavy (non-hydrogen) atoms. The third-order valence-corrected chi connectivity index (χ3v) is 2.95. The highest BCUT2D eigenvalue weighted by atomic mass is 79.9. The van der Waals surface area contributed by atoms with Gasteiger partial charge in [0, 0.05) is 16.7 Å². The van der Waals surface area contributed by atoms with Crippen molar-refractivity contribution < 1.29 is 9.53 Å². The second kappa shape index (κ2) is 5.09. The van der Waals surface area contributed by atoms with Crippen molar-refractivity contribution in [1.29, 1.82) is 0 Å². The van der Waals surface area contributed by atoms with Gasteiger partial charge in [-0.05, 0) is 28.1 Å². The fraction of sp³-hybridized carbons (Fsp3) is 0.0909. The molecule has 1 aromatic carbocycles. The number of carbonyl (C=O) groups excluding carboxylic acids is 1. The summed E-state index contributed by atoms with van der Waals surface area (Å²) in [6.07, 6.45) is 1.31. The summed E-state index contributed by atoms with van der Waals surface area (Å²) in [5.74, 6) is 0.207. The number of rotatable bonds is 3. The van der Waals surface area contributed by atoms with Gasteiger partial charge in [0.15, 0.2) is 0 Å². The molecule has 2 rings (SSSR count). The van der Waals surface area contributed by atoms with Gasteiger partial charge in [0.1, 0.15) is 11.4 Å². The summed E-state index contributed by atoms with van der Waals surface area (Å²) in [6, 6.07) is 5.19. The lowest BCUT2D eigenvalue weighted by atomic mass is 10.3. The first-order valence-electron chi connectivity index (χ1n) is 5.02. The van der Waals surface area contributed by atoms with Crippen LogP contribution in [0.5, 0.6) is 5.75 Å². The standard InChI is InChI=1S/C11H10BrN3O3/c1-18-6-2-3-7(12)8(4-6)14-10(16)9-5-13-11(17)15-9/h2-5H,1H3,(H,14,16)(H2,13,15,17). The quantitative estimate of drug-likeness (QED) is 0.806. The summed E-state index contributed by atoms with van der Waals surface area (Å²) in [6.45, 7) is 0. The number of aromatic nitrogens is 2. The third kappa shape index (κ3) is 2.62. The zero-order valence-electron chi connectivity index (χ0n) is 9.41. The molecule has 0 aliphatic heterocycles. The van der Waals surface area contributed by atoms with Crippen LogP contribution in [0.4, 0.5) is 5.69 Å². The first-order valence-corrected chi connectivity index (χ1v) is 5.82. The molecule has 7 heteroatoms. The Bertz CT molecular complexity index is 632. The van der Waals surface area contributed by atoms with E-state index >= 15 is 0 Å². The molecule has 0 saturated carbocycles. The van der Waals surface area contributed by atoms with Crippen molar-refractivity contribution in [3.8, 4) is 5.75 Å². The number of carbonyl (C=O) groups is 1. The van der Waals surface area contributed by atoms with Gasteiger partial charge in [-0.1, -0.05) is 0 Å². The van der Waals surface area contributed by atoms with E-state index in [0.29, 0.717) is 11.4 Å². The van der Waals surface area contributed by atoms with Gasteiger partial charge in [0.25, 0.3) is 5.91 Å². The zero-order valence-corrected chi connectivity index (χ0v) is 11.0. The largest absolute Gasteiger partial charge is 0.497 e. The van der Waals surface area contributed by atoms with Crippen LogP contribution < -0.4 is 15.7 Å². The van der Waals surface area contributed by atoms with Crippen LogP contribution in [0, 0.1) is 0 Å². The maximum absolute atomic E-state index is 11.8. The highest BCUT2D eigenvalue weighted by Gasteiger charge is 2.10. The van der Waals surface area contributed by atoms with E-state index in [1.54, 1.807) is 25.3 Å². The number of H-pyrrole nitrogens is 2. The number of hydrogen-bond donors (Lipinski definition) is 3. The van der Waals surface area contributed by atoms with E-state index in [1.165, 1.54) is 6.20 Å². The highest BCUT2D eigenvalue weighted by molar-refractivity contribution is 9.10. The van der Waals surface area contributed by atoms with Crippen molar-refractivity contribution in [1.82, 2.24) is 9.97 Å². The number of amides is 1. The van der Waals surface area contributed by atoms with Gasteiger partial charge < -0.3 is 20.0 Å². The molecular weight excluding hydrogens is 302 g/mol. The molecule has 2 aromatic rings. The number of anilines is 1. The van der Waals surface area contributed by atoms with Crippen molar-refractivity contribution in [2.75, 3.05) is 12.4 Å². The van der Waals surface area contributed by atoms with E-state index in [9.17, 15) is 9.59 Å². The Labute approximate surface area is 111 Å². The molecule has 0 aliphatic rings. The van der Waals surface area contributed by atoms with E-state index in [2.05, 4.69) is 31.2 Å². The van der Waals surface area contributed by atoms with Crippen LogP contribution in [0.2, 0.25) is 0 Å². The Kier molecular flexibility index (Phi) is 3.52. The van der Waals surface area contributed by atoms with Gasteiger partial charge in [-0.25, -0.2) is 4.79 Å². The average molecular weight is 312 g/mol. The summed E-state index contributed by atoms with van der Waals surface area (Å²) >= 11 is 3.32. The first kappa shape index (κ1) is 12.4. The van der Waals surface area contributed by atoms with Crippen LogP contribution in [0.1, 0.15) is 10.5 Å².